The monoisotopic (exact) mass is 246 g/mol. The van der Waals surface area contributed by atoms with Gasteiger partial charge in [-0.05, 0) is 30.7 Å². The Morgan fingerprint density at radius 2 is 2.00 bits per heavy atom. The van der Waals surface area contributed by atoms with Gasteiger partial charge < -0.3 is 15.4 Å². The minimum Gasteiger partial charge on any atom is -0.497 e. The zero-order valence-electron chi connectivity index (χ0n) is 10.7. The highest BCUT2D eigenvalue weighted by molar-refractivity contribution is 5.96. The summed E-state index contributed by atoms with van der Waals surface area (Å²) in [5.74, 6) is 0.749. The van der Waals surface area contributed by atoms with E-state index >= 15 is 0 Å². The average Bonchev–Trinajstić information content (AvgIpc) is 2.84. The maximum absolute atomic E-state index is 12.2. The highest BCUT2D eigenvalue weighted by atomic mass is 16.5. The van der Waals surface area contributed by atoms with E-state index in [0.29, 0.717) is 6.42 Å². The topological polar surface area (TPSA) is 55.6 Å². The molecule has 18 heavy (non-hydrogen) atoms. The molecule has 1 aliphatic rings. The summed E-state index contributed by atoms with van der Waals surface area (Å²) in [7, 11) is 3.40. The largest absolute Gasteiger partial charge is 0.497 e. The summed E-state index contributed by atoms with van der Waals surface area (Å²) in [6.07, 6.45) is 4.48. The van der Waals surface area contributed by atoms with Crippen LogP contribution in [0.15, 0.2) is 36.4 Å². The third kappa shape index (κ3) is 2.54. The van der Waals surface area contributed by atoms with Gasteiger partial charge in [-0.3, -0.25) is 4.79 Å². The fourth-order valence-electron chi connectivity index (χ4n) is 2.09. The average molecular weight is 246 g/mol. The molecule has 2 rings (SSSR count). The third-order valence-corrected chi connectivity index (χ3v) is 3.22. The molecule has 0 fully saturated rings. The minimum atomic E-state index is -0.105. The number of rotatable bonds is 3. The fourth-order valence-corrected chi connectivity index (χ4v) is 2.09. The molecule has 1 aliphatic carbocycles. The summed E-state index contributed by atoms with van der Waals surface area (Å²) in [5.41, 5.74) is 6.62. The lowest BCUT2D eigenvalue weighted by Crippen LogP contribution is -2.32. The van der Waals surface area contributed by atoms with Crippen molar-refractivity contribution in [1.82, 2.24) is 0 Å². The quantitative estimate of drug-likeness (QED) is 0.823. The molecule has 2 N–H and O–H groups in total. The van der Waals surface area contributed by atoms with E-state index in [4.69, 9.17) is 10.5 Å². The number of nitrogens with zero attached hydrogens (tertiary/aromatic N) is 1. The van der Waals surface area contributed by atoms with Crippen LogP contribution in [0.2, 0.25) is 0 Å². The molecule has 0 bridgehead atoms. The lowest BCUT2D eigenvalue weighted by molar-refractivity contribution is -0.120. The van der Waals surface area contributed by atoms with Gasteiger partial charge >= 0.3 is 0 Å². The van der Waals surface area contributed by atoms with Crippen LogP contribution in [-0.2, 0) is 4.79 Å². The van der Waals surface area contributed by atoms with Crippen molar-refractivity contribution in [3.63, 3.8) is 0 Å². The first-order valence-corrected chi connectivity index (χ1v) is 5.97. The van der Waals surface area contributed by atoms with Crippen molar-refractivity contribution in [3.8, 4) is 5.75 Å². The molecular weight excluding hydrogens is 228 g/mol. The Morgan fingerprint density at radius 3 is 2.50 bits per heavy atom. The van der Waals surface area contributed by atoms with E-state index in [1.807, 2.05) is 36.4 Å². The number of hydrogen-bond donors (Lipinski definition) is 1. The highest BCUT2D eigenvalue weighted by Gasteiger charge is 2.25. The Labute approximate surface area is 107 Å². The number of ether oxygens (including phenoxy) is 1. The summed E-state index contributed by atoms with van der Waals surface area (Å²) in [6.45, 7) is 0. The second kappa shape index (κ2) is 5.23. The first-order chi connectivity index (χ1) is 8.61. The molecule has 4 heteroatoms. The predicted octanol–water partition coefficient (Wildman–Crippen LogP) is 1.56. The maximum Gasteiger partial charge on any atom is 0.233 e. The Balaban J connectivity index is 2.08. The molecule has 1 aromatic carbocycles. The first kappa shape index (κ1) is 12.6. The van der Waals surface area contributed by atoms with Crippen LogP contribution in [-0.4, -0.2) is 26.1 Å². The zero-order chi connectivity index (χ0) is 13.1. The summed E-state index contributed by atoms with van der Waals surface area (Å²) in [6, 6.07) is 7.43. The molecule has 0 aliphatic heterocycles. The van der Waals surface area contributed by atoms with Gasteiger partial charge in [0, 0.05) is 18.8 Å². The van der Waals surface area contributed by atoms with Crippen molar-refractivity contribution in [2.45, 2.75) is 12.5 Å². The molecule has 0 spiro atoms. The van der Waals surface area contributed by atoms with E-state index in [9.17, 15) is 4.79 Å². The Bertz CT molecular complexity index is 453. The summed E-state index contributed by atoms with van der Waals surface area (Å²) in [5, 5.41) is 0. The van der Waals surface area contributed by atoms with Gasteiger partial charge in [0.05, 0.1) is 13.0 Å². The van der Waals surface area contributed by atoms with Crippen molar-refractivity contribution in [2.75, 3.05) is 19.1 Å². The number of hydrogen-bond acceptors (Lipinski definition) is 3. The number of nitrogens with two attached hydrogens (primary N) is 1. The van der Waals surface area contributed by atoms with E-state index in [2.05, 4.69) is 0 Å². The van der Waals surface area contributed by atoms with Crippen LogP contribution in [0.5, 0.6) is 5.75 Å². The van der Waals surface area contributed by atoms with Crippen molar-refractivity contribution >= 4 is 11.6 Å². The molecule has 4 nitrogen and oxygen atoms in total. The van der Waals surface area contributed by atoms with Crippen LogP contribution in [0.3, 0.4) is 0 Å². The molecule has 2 atom stereocenters. The fraction of sp³-hybridized carbons (Fsp3) is 0.357. The van der Waals surface area contributed by atoms with Gasteiger partial charge in [0.1, 0.15) is 5.75 Å². The number of methoxy groups -OCH3 is 1. The first-order valence-electron chi connectivity index (χ1n) is 5.97. The van der Waals surface area contributed by atoms with Gasteiger partial charge in [-0.15, -0.1) is 0 Å². The third-order valence-electron chi connectivity index (χ3n) is 3.22. The van der Waals surface area contributed by atoms with Gasteiger partial charge in [-0.25, -0.2) is 0 Å². The summed E-state index contributed by atoms with van der Waals surface area (Å²) < 4.78 is 5.09. The minimum absolute atomic E-state index is 0.00298. The predicted molar refractivity (Wildman–Crippen MR) is 71.6 cm³/mol. The van der Waals surface area contributed by atoms with Crippen LogP contribution >= 0.6 is 0 Å². The standard InChI is InChI=1S/C14H18N2O2/c1-16(12-5-7-13(18-2)8-6-12)14(17)10-3-4-11(15)9-10/h3-8,10-11H,9,15H2,1-2H3. The molecule has 2 unspecified atom stereocenters. The van der Waals surface area contributed by atoms with Crippen LogP contribution < -0.4 is 15.4 Å². The molecule has 0 aromatic heterocycles. The summed E-state index contributed by atoms with van der Waals surface area (Å²) >= 11 is 0. The molecule has 1 amide bonds. The molecule has 0 radical (unpaired) electrons. The smallest absolute Gasteiger partial charge is 0.233 e. The van der Waals surface area contributed by atoms with Gasteiger partial charge in [0.2, 0.25) is 5.91 Å². The van der Waals surface area contributed by atoms with Crippen LogP contribution in [0, 0.1) is 5.92 Å². The van der Waals surface area contributed by atoms with E-state index in [1.165, 1.54) is 0 Å². The van der Waals surface area contributed by atoms with E-state index in [1.54, 1.807) is 19.1 Å². The summed E-state index contributed by atoms with van der Waals surface area (Å²) in [4.78, 5) is 13.9. The van der Waals surface area contributed by atoms with Gasteiger partial charge in [-0.1, -0.05) is 12.2 Å². The number of anilines is 1. The normalized spacial score (nSPS) is 21.9. The van der Waals surface area contributed by atoms with Crippen molar-refractivity contribution in [2.24, 2.45) is 11.7 Å². The van der Waals surface area contributed by atoms with E-state index < -0.39 is 0 Å². The lowest BCUT2D eigenvalue weighted by Gasteiger charge is -2.21. The van der Waals surface area contributed by atoms with Crippen molar-refractivity contribution in [1.29, 1.82) is 0 Å². The van der Waals surface area contributed by atoms with Crippen LogP contribution in [0.4, 0.5) is 5.69 Å². The Morgan fingerprint density at radius 1 is 1.33 bits per heavy atom. The molecule has 0 saturated heterocycles. The second-order valence-electron chi connectivity index (χ2n) is 4.49. The van der Waals surface area contributed by atoms with Crippen molar-refractivity contribution in [3.05, 3.63) is 36.4 Å². The lowest BCUT2D eigenvalue weighted by atomic mass is 10.1. The number of carbonyl (C=O) groups excluding carboxylic acids is 1. The Kier molecular flexibility index (Phi) is 3.67. The van der Waals surface area contributed by atoms with Gasteiger partial charge in [-0.2, -0.15) is 0 Å². The van der Waals surface area contributed by atoms with E-state index in [-0.39, 0.29) is 17.9 Å². The SMILES string of the molecule is COc1ccc(N(C)C(=O)C2C=CC(N)C2)cc1. The second-order valence-corrected chi connectivity index (χ2v) is 4.49. The Hall–Kier alpha value is -1.81. The van der Waals surface area contributed by atoms with Crippen LogP contribution in [0.25, 0.3) is 0 Å². The molecule has 1 aromatic rings. The van der Waals surface area contributed by atoms with Gasteiger partial charge in [0.15, 0.2) is 0 Å². The molecular formula is C14H18N2O2. The molecule has 0 heterocycles. The van der Waals surface area contributed by atoms with E-state index in [0.717, 1.165) is 11.4 Å². The van der Waals surface area contributed by atoms with Gasteiger partial charge in [0.25, 0.3) is 0 Å². The maximum atomic E-state index is 12.2. The van der Waals surface area contributed by atoms with Crippen molar-refractivity contribution < 1.29 is 9.53 Å². The molecule has 0 saturated carbocycles. The number of benzene rings is 1. The molecule has 96 valence electrons. The number of carbonyl (C=O) groups is 1. The highest BCUT2D eigenvalue weighted by Crippen LogP contribution is 2.23. The zero-order valence-corrected chi connectivity index (χ0v) is 10.7. The number of amides is 1. The van der Waals surface area contributed by atoms with Crippen LogP contribution in [0.1, 0.15) is 6.42 Å².